The molecule has 4 rings (SSSR count). The number of rotatable bonds is 12. The average Bonchev–Trinajstić information content (AvgIpc) is 3.15. The van der Waals surface area contributed by atoms with Crippen molar-refractivity contribution in [1.29, 1.82) is 0 Å². The van der Waals surface area contributed by atoms with Gasteiger partial charge in [0.15, 0.2) is 0 Å². The molecular weight excluding hydrogens is 514 g/mol. The minimum absolute atomic E-state index is 0.00923. The highest BCUT2D eigenvalue weighted by Crippen LogP contribution is 2.42. The summed E-state index contributed by atoms with van der Waals surface area (Å²) in [7, 11) is -2.11. The van der Waals surface area contributed by atoms with E-state index in [1.54, 1.807) is 30.2 Å². The number of ether oxygens (including phenoxy) is 1. The number of amides is 2. The van der Waals surface area contributed by atoms with Crippen LogP contribution in [0, 0.1) is 0 Å². The van der Waals surface area contributed by atoms with Crippen LogP contribution in [0.25, 0.3) is 10.8 Å². The minimum Gasteiger partial charge on any atom is -0.497 e. The molecule has 8 nitrogen and oxygen atoms in total. The van der Waals surface area contributed by atoms with Crippen LogP contribution in [0.3, 0.4) is 0 Å². The van der Waals surface area contributed by atoms with Crippen molar-refractivity contribution in [3.8, 4) is 5.75 Å². The number of hydrogen-bond donors (Lipinski definition) is 1. The van der Waals surface area contributed by atoms with Gasteiger partial charge in [-0.2, -0.15) is 0 Å². The first-order chi connectivity index (χ1) is 18.7. The molecule has 0 saturated carbocycles. The Morgan fingerprint density at radius 1 is 1.03 bits per heavy atom. The summed E-state index contributed by atoms with van der Waals surface area (Å²) in [5, 5.41) is 4.60. The highest BCUT2D eigenvalue weighted by atomic mass is 32.2. The molecule has 0 fully saturated rings. The van der Waals surface area contributed by atoms with Crippen molar-refractivity contribution in [1.82, 2.24) is 10.2 Å². The van der Waals surface area contributed by atoms with Crippen molar-refractivity contribution >= 4 is 38.3 Å². The van der Waals surface area contributed by atoms with Gasteiger partial charge in [0.05, 0.1) is 17.7 Å². The number of methoxy groups -OCH3 is 1. The van der Waals surface area contributed by atoms with Gasteiger partial charge in [-0.1, -0.05) is 50.2 Å². The third-order valence-electron chi connectivity index (χ3n) is 7.31. The zero-order chi connectivity index (χ0) is 28.2. The number of sulfonamides is 1. The van der Waals surface area contributed by atoms with E-state index in [9.17, 15) is 18.0 Å². The largest absolute Gasteiger partial charge is 0.497 e. The van der Waals surface area contributed by atoms with Crippen molar-refractivity contribution in [3.63, 3.8) is 0 Å². The first-order valence-corrected chi connectivity index (χ1v) is 14.9. The Morgan fingerprint density at radius 2 is 1.74 bits per heavy atom. The number of nitrogens with one attached hydrogen (secondary N) is 1. The molecule has 2 amide bonds. The zero-order valence-corrected chi connectivity index (χ0v) is 23.8. The Labute approximate surface area is 231 Å². The lowest BCUT2D eigenvalue weighted by atomic mass is 10.1. The smallest absolute Gasteiger partial charge is 0.265 e. The van der Waals surface area contributed by atoms with E-state index in [-0.39, 0.29) is 37.4 Å². The van der Waals surface area contributed by atoms with E-state index in [1.807, 2.05) is 63.2 Å². The van der Waals surface area contributed by atoms with E-state index < -0.39 is 16.1 Å². The lowest BCUT2D eigenvalue weighted by Gasteiger charge is -2.32. The van der Waals surface area contributed by atoms with Crippen LogP contribution in [-0.2, 0) is 26.2 Å². The van der Waals surface area contributed by atoms with Crippen molar-refractivity contribution in [2.75, 3.05) is 18.0 Å². The normalized spacial score (nSPS) is 15.1. The molecule has 3 aromatic carbocycles. The van der Waals surface area contributed by atoms with Gasteiger partial charge in [-0.3, -0.25) is 13.9 Å². The molecule has 3 aromatic rings. The van der Waals surface area contributed by atoms with Gasteiger partial charge in [0.1, 0.15) is 11.8 Å². The number of nitrogens with zero attached hydrogens (tertiary/aromatic N) is 2. The van der Waals surface area contributed by atoms with Crippen LogP contribution in [0.2, 0.25) is 0 Å². The summed E-state index contributed by atoms with van der Waals surface area (Å²) in [6.45, 7) is 6.24. The molecule has 1 heterocycles. The zero-order valence-electron chi connectivity index (χ0n) is 23.0. The minimum atomic E-state index is -3.69. The van der Waals surface area contributed by atoms with E-state index in [0.717, 1.165) is 22.8 Å². The first kappa shape index (κ1) is 28.4. The standard InChI is InChI=1S/C30H37N3O5S/c1-5-21(3)31-30(35)25(6-2)32(20-22-11-7-14-24(19-22)38-4)28(34)17-10-18-33-26-15-8-12-23-13-9-16-27(29(23)26)39(33,36)37/h7-9,11-16,19,21,25H,5-6,10,17-18,20H2,1-4H3,(H,31,35)/t21-,25+/m0/s1. The van der Waals surface area contributed by atoms with Gasteiger partial charge >= 0.3 is 0 Å². The number of anilines is 1. The van der Waals surface area contributed by atoms with Crippen LogP contribution < -0.4 is 14.4 Å². The Balaban J connectivity index is 1.53. The number of benzene rings is 3. The molecule has 0 bridgehead atoms. The molecule has 1 aliphatic rings. The summed E-state index contributed by atoms with van der Waals surface area (Å²) < 4.78 is 33.4. The summed E-state index contributed by atoms with van der Waals surface area (Å²) in [5.41, 5.74) is 1.49. The highest BCUT2D eigenvalue weighted by Gasteiger charge is 2.35. The van der Waals surface area contributed by atoms with E-state index >= 15 is 0 Å². The lowest BCUT2D eigenvalue weighted by Crippen LogP contribution is -2.50. The summed E-state index contributed by atoms with van der Waals surface area (Å²) in [5.74, 6) is 0.286. The van der Waals surface area contributed by atoms with Crippen LogP contribution in [0.4, 0.5) is 5.69 Å². The Bertz CT molecular complexity index is 1450. The summed E-state index contributed by atoms with van der Waals surface area (Å²) in [4.78, 5) is 28.8. The fraction of sp³-hybridized carbons (Fsp3) is 0.400. The molecule has 0 radical (unpaired) electrons. The topological polar surface area (TPSA) is 96.0 Å². The third-order valence-corrected chi connectivity index (χ3v) is 9.16. The fourth-order valence-corrected chi connectivity index (χ4v) is 6.79. The maximum absolute atomic E-state index is 13.7. The van der Waals surface area contributed by atoms with Crippen LogP contribution in [0.15, 0.2) is 65.6 Å². The SMILES string of the molecule is CC[C@H](C(=O)N[C@@H](C)CC)N(Cc1cccc(OC)c1)C(=O)CCCN1c2cccc3cccc(c23)S1(=O)=O. The van der Waals surface area contributed by atoms with Crippen molar-refractivity contribution in [2.24, 2.45) is 0 Å². The first-order valence-electron chi connectivity index (χ1n) is 13.5. The monoisotopic (exact) mass is 551 g/mol. The molecular formula is C30H37N3O5S. The molecule has 2 atom stereocenters. The van der Waals surface area contributed by atoms with Crippen LogP contribution in [0.5, 0.6) is 5.75 Å². The average molecular weight is 552 g/mol. The second-order valence-corrected chi connectivity index (χ2v) is 11.8. The van der Waals surface area contributed by atoms with E-state index in [4.69, 9.17) is 4.74 Å². The summed E-state index contributed by atoms with van der Waals surface area (Å²) in [6.07, 6.45) is 1.66. The van der Waals surface area contributed by atoms with Gasteiger partial charge in [-0.05, 0) is 61.4 Å². The van der Waals surface area contributed by atoms with Crippen molar-refractivity contribution in [3.05, 3.63) is 66.2 Å². The van der Waals surface area contributed by atoms with Crippen molar-refractivity contribution < 1.29 is 22.7 Å². The lowest BCUT2D eigenvalue weighted by molar-refractivity contribution is -0.141. The van der Waals surface area contributed by atoms with Gasteiger partial charge < -0.3 is 15.0 Å². The number of hydrogen-bond acceptors (Lipinski definition) is 5. The molecule has 0 saturated heterocycles. The summed E-state index contributed by atoms with van der Waals surface area (Å²) in [6, 6.07) is 17.6. The van der Waals surface area contributed by atoms with Crippen molar-refractivity contribution in [2.45, 2.75) is 70.0 Å². The van der Waals surface area contributed by atoms with Crippen LogP contribution in [-0.4, -0.2) is 50.9 Å². The maximum Gasteiger partial charge on any atom is 0.265 e. The molecule has 0 unspecified atom stereocenters. The molecule has 0 spiro atoms. The molecule has 0 aromatic heterocycles. The molecule has 1 aliphatic heterocycles. The number of carbonyl (C=O) groups is 2. The Kier molecular flexibility index (Phi) is 8.80. The second-order valence-electron chi connectivity index (χ2n) is 9.93. The van der Waals surface area contributed by atoms with Gasteiger partial charge in [0, 0.05) is 30.9 Å². The van der Waals surface area contributed by atoms with E-state index in [2.05, 4.69) is 5.32 Å². The van der Waals surface area contributed by atoms with E-state index in [1.165, 1.54) is 4.31 Å². The van der Waals surface area contributed by atoms with Gasteiger partial charge in [-0.25, -0.2) is 8.42 Å². The molecule has 39 heavy (non-hydrogen) atoms. The Morgan fingerprint density at radius 3 is 2.44 bits per heavy atom. The van der Waals surface area contributed by atoms with Gasteiger partial charge in [-0.15, -0.1) is 0 Å². The fourth-order valence-electron chi connectivity index (χ4n) is 5.04. The predicted molar refractivity (Wildman–Crippen MR) is 153 cm³/mol. The number of carbonyl (C=O) groups excluding carboxylic acids is 2. The molecule has 9 heteroatoms. The third kappa shape index (κ3) is 5.88. The van der Waals surface area contributed by atoms with Crippen LogP contribution in [0.1, 0.15) is 52.0 Å². The van der Waals surface area contributed by atoms with Crippen LogP contribution >= 0.6 is 0 Å². The van der Waals surface area contributed by atoms with E-state index in [0.29, 0.717) is 29.2 Å². The second kappa shape index (κ2) is 12.1. The Hall–Kier alpha value is -3.59. The quantitative estimate of drug-likeness (QED) is 0.347. The molecule has 208 valence electrons. The van der Waals surface area contributed by atoms with Gasteiger partial charge in [0.25, 0.3) is 10.0 Å². The summed E-state index contributed by atoms with van der Waals surface area (Å²) >= 11 is 0. The van der Waals surface area contributed by atoms with Gasteiger partial charge in [0.2, 0.25) is 11.8 Å². The molecule has 0 aliphatic carbocycles. The molecule has 1 N–H and O–H groups in total. The maximum atomic E-state index is 13.7. The predicted octanol–water partition coefficient (Wildman–Crippen LogP) is 4.86. The highest BCUT2D eigenvalue weighted by molar-refractivity contribution is 7.93.